The van der Waals surface area contributed by atoms with Gasteiger partial charge in [-0.3, -0.25) is 4.57 Å². The average Bonchev–Trinajstić information content (AvgIpc) is 4.08. The van der Waals surface area contributed by atoms with Gasteiger partial charge in [-0.2, -0.15) is 0 Å². The van der Waals surface area contributed by atoms with Crippen LogP contribution in [0.15, 0.2) is 223 Å². The number of benzene rings is 9. The molecule has 0 aliphatic rings. The maximum Gasteiger partial charge on any atom is 0.569 e. The summed E-state index contributed by atoms with van der Waals surface area (Å²) in [6.45, 7) is 0. The van der Waals surface area contributed by atoms with Gasteiger partial charge in [-0.1, -0.05) is 135 Å². The van der Waals surface area contributed by atoms with Crippen molar-refractivity contribution in [2.75, 3.05) is 0 Å². The fraction of sp³-hybridized carbons (Fsp3) is 0.0175. The molecule has 0 unspecified atom stereocenters. The van der Waals surface area contributed by atoms with Gasteiger partial charge in [0, 0.05) is 49.4 Å². The van der Waals surface area contributed by atoms with E-state index in [4.69, 9.17) is 14.1 Å². The first-order valence-electron chi connectivity index (χ1n) is 21.0. The van der Waals surface area contributed by atoms with Gasteiger partial charge in [-0.05, 0) is 102 Å². The van der Waals surface area contributed by atoms with E-state index >= 15 is 0 Å². The highest BCUT2D eigenvalue weighted by Gasteiger charge is 2.20. The zero-order chi connectivity index (χ0) is 41.9. The number of rotatable bonds is 6. The number of hydrogen-bond acceptors (Lipinski definition) is 3. The van der Waals surface area contributed by atoms with E-state index in [1.54, 1.807) is 0 Å². The van der Waals surface area contributed by atoms with E-state index in [0.29, 0.717) is 13.4 Å². The van der Waals surface area contributed by atoms with E-state index in [0.717, 1.165) is 60.8 Å². The standard InChI is InChI=1S/C38H24N2O.C18H13BNO2.CH4/c1-2-12-27(13-3-1)39-33-18-7-4-15-29(33)32-24-26(21-22-35(32)39)25-11-10-14-28(23-25)40-34-19-8-5-16-30(34)37-31-17-6-9-20-36(31)41-38(37)40;21-19-22-14-10-11-18-16(12-14)15-8-4-5-9-17(15)20(18)13-6-2-1-3-7-13;/h1-24H;1-12,21H;1H4. The molecule has 6 nitrogen and oxygen atoms in total. The lowest BCUT2D eigenvalue weighted by Crippen LogP contribution is -1.99. The van der Waals surface area contributed by atoms with Gasteiger partial charge in [0.2, 0.25) is 5.71 Å². The van der Waals surface area contributed by atoms with E-state index in [2.05, 4.69) is 171 Å². The number of furan rings is 1. The molecule has 0 aliphatic carbocycles. The van der Waals surface area contributed by atoms with E-state index < -0.39 is 0 Å². The SMILES string of the molecule is C.O[B]Oc1ccc2c(c1)c1ccccc1n2-c1ccccc1.c1ccc(-n2c3ccccc3c3cc(-c4cccc(-n5c6ccccc6c6c7ccccc7oc65)c4)ccc32)cc1. The Hall–Kier alpha value is -8.26. The molecule has 0 aliphatic heterocycles. The first-order chi connectivity index (χ1) is 31.2. The quantitative estimate of drug-likeness (QED) is 0.170. The topological polar surface area (TPSA) is 57.4 Å². The van der Waals surface area contributed by atoms with Crippen LogP contribution in [0.3, 0.4) is 0 Å². The lowest BCUT2D eigenvalue weighted by molar-refractivity contribution is 0.454. The summed E-state index contributed by atoms with van der Waals surface area (Å²) in [7, 11) is 0.706. The first kappa shape index (κ1) is 38.7. The molecule has 64 heavy (non-hydrogen) atoms. The van der Waals surface area contributed by atoms with Crippen LogP contribution < -0.4 is 4.65 Å². The van der Waals surface area contributed by atoms with Gasteiger partial charge >= 0.3 is 7.69 Å². The normalized spacial score (nSPS) is 11.4. The Labute approximate surface area is 370 Å². The Bertz CT molecular complexity index is 3820. The molecule has 7 heteroatoms. The third-order valence-electron chi connectivity index (χ3n) is 12.2. The minimum absolute atomic E-state index is 0. The fourth-order valence-electron chi connectivity index (χ4n) is 9.47. The summed E-state index contributed by atoms with van der Waals surface area (Å²) in [5, 5.41) is 17.1. The second kappa shape index (κ2) is 15.9. The smallest absolute Gasteiger partial charge is 0.537 e. The molecule has 4 heterocycles. The van der Waals surface area contributed by atoms with Crippen LogP contribution in [0.25, 0.3) is 105 Å². The number of fused-ring (bicyclic) bond motifs is 11. The van der Waals surface area contributed by atoms with Gasteiger partial charge in [0.1, 0.15) is 11.3 Å². The summed E-state index contributed by atoms with van der Waals surface area (Å²) in [6, 6.07) is 76.1. The van der Waals surface area contributed by atoms with Crippen LogP contribution in [0.5, 0.6) is 5.75 Å². The molecule has 9 aromatic carbocycles. The Balaban J connectivity index is 0.000000168. The first-order valence-corrected chi connectivity index (χ1v) is 21.0. The molecule has 13 rings (SSSR count). The van der Waals surface area contributed by atoms with Crippen LogP contribution >= 0.6 is 0 Å². The highest BCUT2D eigenvalue weighted by molar-refractivity contribution is 6.20. The van der Waals surface area contributed by atoms with Crippen LogP contribution in [0.4, 0.5) is 0 Å². The number of hydrogen-bond donors (Lipinski definition) is 1. The molecule has 0 fully saturated rings. The number of para-hydroxylation sites is 6. The van der Waals surface area contributed by atoms with Crippen molar-refractivity contribution in [2.45, 2.75) is 7.43 Å². The van der Waals surface area contributed by atoms with Crippen molar-refractivity contribution in [1.82, 2.24) is 13.7 Å². The van der Waals surface area contributed by atoms with Crippen LogP contribution in [0.1, 0.15) is 7.43 Å². The van der Waals surface area contributed by atoms with Crippen molar-refractivity contribution in [3.8, 4) is 33.9 Å². The predicted molar refractivity (Wildman–Crippen MR) is 266 cm³/mol. The minimum Gasteiger partial charge on any atom is -0.537 e. The Morgan fingerprint density at radius 2 is 0.859 bits per heavy atom. The summed E-state index contributed by atoms with van der Waals surface area (Å²) < 4.78 is 18.4. The molecular weight excluding hydrogens is 785 g/mol. The summed E-state index contributed by atoms with van der Waals surface area (Å²) in [4.78, 5) is 0. The summed E-state index contributed by atoms with van der Waals surface area (Å²) >= 11 is 0. The molecule has 0 bridgehead atoms. The number of aromatic nitrogens is 3. The van der Waals surface area contributed by atoms with Crippen molar-refractivity contribution < 1.29 is 14.1 Å². The largest absolute Gasteiger partial charge is 0.569 e. The monoisotopic (exact) mass is 826 g/mol. The maximum atomic E-state index is 8.84. The fourth-order valence-corrected chi connectivity index (χ4v) is 9.47. The van der Waals surface area contributed by atoms with Gasteiger partial charge < -0.3 is 23.2 Å². The second-order valence-electron chi connectivity index (χ2n) is 15.7. The van der Waals surface area contributed by atoms with Crippen molar-refractivity contribution in [1.29, 1.82) is 0 Å². The van der Waals surface area contributed by atoms with Crippen molar-refractivity contribution >= 4 is 84.3 Å². The highest BCUT2D eigenvalue weighted by Crippen LogP contribution is 2.41. The summed E-state index contributed by atoms with van der Waals surface area (Å²) in [5.74, 6) is 0.617. The van der Waals surface area contributed by atoms with Crippen LogP contribution in [0, 0.1) is 0 Å². The minimum atomic E-state index is 0. The Kier molecular flexibility index (Phi) is 9.60. The number of nitrogens with zero attached hydrogens (tertiary/aromatic N) is 3. The van der Waals surface area contributed by atoms with Crippen LogP contribution in [-0.4, -0.2) is 26.4 Å². The van der Waals surface area contributed by atoms with Crippen LogP contribution in [-0.2, 0) is 0 Å². The molecule has 13 aromatic rings. The van der Waals surface area contributed by atoms with Crippen molar-refractivity contribution in [3.63, 3.8) is 0 Å². The molecule has 1 radical (unpaired) electrons. The maximum absolute atomic E-state index is 8.84. The van der Waals surface area contributed by atoms with Gasteiger partial charge in [-0.25, -0.2) is 0 Å². The van der Waals surface area contributed by atoms with Gasteiger partial charge in [0.15, 0.2) is 0 Å². The van der Waals surface area contributed by atoms with Gasteiger partial charge in [-0.15, -0.1) is 0 Å². The molecule has 1 N–H and O–H groups in total. The lowest BCUT2D eigenvalue weighted by atomic mass is 10.0. The van der Waals surface area contributed by atoms with Crippen LogP contribution in [0.2, 0.25) is 0 Å². The van der Waals surface area contributed by atoms with E-state index in [-0.39, 0.29) is 7.43 Å². The van der Waals surface area contributed by atoms with Gasteiger partial charge in [0.25, 0.3) is 0 Å². The van der Waals surface area contributed by atoms with E-state index in [1.807, 2.05) is 60.7 Å². The average molecular weight is 827 g/mol. The summed E-state index contributed by atoms with van der Waals surface area (Å²) in [6.07, 6.45) is 0. The molecule has 0 saturated heterocycles. The van der Waals surface area contributed by atoms with E-state index in [1.165, 1.54) is 44.0 Å². The molecule has 0 spiro atoms. The Morgan fingerprint density at radius 1 is 0.375 bits per heavy atom. The third-order valence-corrected chi connectivity index (χ3v) is 12.2. The molecule has 4 aromatic heterocycles. The predicted octanol–water partition coefficient (Wildman–Crippen LogP) is 14.6. The van der Waals surface area contributed by atoms with Crippen molar-refractivity contribution in [2.24, 2.45) is 0 Å². The highest BCUT2D eigenvalue weighted by atomic mass is 16.5. The molecule has 0 saturated carbocycles. The van der Waals surface area contributed by atoms with E-state index in [9.17, 15) is 0 Å². The third kappa shape index (κ3) is 6.24. The zero-order valence-electron chi connectivity index (χ0n) is 34.0. The second-order valence-corrected chi connectivity index (χ2v) is 15.7. The molecule has 0 atom stereocenters. The van der Waals surface area contributed by atoms with Gasteiger partial charge in [0.05, 0.1) is 33.0 Å². The zero-order valence-corrected chi connectivity index (χ0v) is 34.0. The summed E-state index contributed by atoms with van der Waals surface area (Å²) in [5.41, 5.74) is 13.3. The Morgan fingerprint density at radius 3 is 1.50 bits per heavy atom. The lowest BCUT2D eigenvalue weighted by Gasteiger charge is -2.10. The molecule has 305 valence electrons. The van der Waals surface area contributed by atoms with Crippen molar-refractivity contribution in [3.05, 3.63) is 218 Å². The molecule has 0 amide bonds. The molecular formula is C57H41BN3O3.